The van der Waals surface area contributed by atoms with Crippen molar-refractivity contribution in [1.82, 2.24) is 71.9 Å². The molecule has 0 aliphatic carbocycles. The molecule has 32 heteroatoms. The molecule has 0 spiro atoms. The van der Waals surface area contributed by atoms with Crippen molar-refractivity contribution >= 4 is 95.9 Å². The van der Waals surface area contributed by atoms with Gasteiger partial charge in [-0.3, -0.25) is 49.6 Å². The Balaban J connectivity index is 0.000000149. The van der Waals surface area contributed by atoms with Crippen LogP contribution in [0.4, 0.5) is 47.9 Å². The average Bonchev–Trinajstić information content (AvgIpc) is 1.56. The molecular weight excluding hydrogens is 1770 g/mol. The van der Waals surface area contributed by atoms with Gasteiger partial charge in [0, 0.05) is 26.2 Å². The van der Waals surface area contributed by atoms with Crippen LogP contribution >= 0.6 is 0 Å². The molecule has 6 fully saturated rings. The van der Waals surface area contributed by atoms with Crippen LogP contribution in [0.5, 0.6) is 0 Å². The zero-order chi connectivity index (χ0) is 98.4. The molecule has 0 aromatic heterocycles. The number of carbonyl (C=O) groups excluding carboxylic acids is 16. The van der Waals surface area contributed by atoms with Crippen LogP contribution in [0, 0.1) is 0 Å². The molecule has 8 N–H and O–H groups in total. The Kier molecular flexibility index (Phi) is 31.9. The molecule has 6 aliphatic rings. The second-order valence-corrected chi connectivity index (χ2v) is 31.2. The van der Waals surface area contributed by atoms with Gasteiger partial charge in [-0.15, -0.1) is 0 Å². The number of carbonyl (C=O) groups is 16. The number of amides is 24. The summed E-state index contributed by atoms with van der Waals surface area (Å²) in [7, 11) is 0. The molecule has 0 bridgehead atoms. The minimum absolute atomic E-state index is 0. The number of urea groups is 8. The number of ether oxygens (including phenoxy) is 2. The first-order valence-corrected chi connectivity index (χ1v) is 44.3. The van der Waals surface area contributed by atoms with Gasteiger partial charge in [-0.05, 0) is 108 Å². The molecule has 0 radical (unpaired) electrons. The van der Waals surface area contributed by atoms with E-state index in [4.69, 9.17) is 9.47 Å². The molecule has 6 aliphatic heterocycles. The second-order valence-electron chi connectivity index (χ2n) is 31.2. The largest absolute Gasteiger partial charge is 0.449 e. The molecule has 12 aromatic carbocycles. The molecule has 32 nitrogen and oxygen atoms in total. The van der Waals surface area contributed by atoms with E-state index < -0.39 is 105 Å². The predicted octanol–water partition coefficient (Wildman–Crippen LogP) is 15.3. The molecule has 12 aromatic rings. The van der Waals surface area contributed by atoms with Crippen LogP contribution in [0.15, 0.2) is 364 Å². The van der Waals surface area contributed by atoms with Crippen molar-refractivity contribution < 1.29 is 86.2 Å². The zero-order valence-corrected chi connectivity index (χ0v) is 75.9. The highest BCUT2D eigenvalue weighted by Gasteiger charge is 2.63. The lowest BCUT2D eigenvalue weighted by Crippen LogP contribution is -2.54. The first kappa shape index (κ1) is 100. The van der Waals surface area contributed by atoms with Gasteiger partial charge in [-0.25, -0.2) is 57.7 Å². The third kappa shape index (κ3) is 18.7. The summed E-state index contributed by atoms with van der Waals surface area (Å²) >= 11 is 0. The van der Waals surface area contributed by atoms with Gasteiger partial charge >= 0.3 is 60.4 Å². The van der Waals surface area contributed by atoms with Crippen LogP contribution in [-0.4, -0.2) is 165 Å². The number of hydrogen-bond donors (Lipinski definition) is 8. The van der Waals surface area contributed by atoms with Crippen molar-refractivity contribution in [2.75, 3.05) is 39.4 Å². The van der Waals surface area contributed by atoms with Gasteiger partial charge in [0.1, 0.15) is 0 Å². The third-order valence-electron chi connectivity index (χ3n) is 23.5. The monoisotopic (exact) mass is 1870 g/mol. The van der Waals surface area contributed by atoms with Gasteiger partial charge in [-0.1, -0.05) is 371 Å². The molecular formula is C107H102N14O18. The average molecular weight is 1870 g/mol. The van der Waals surface area contributed by atoms with E-state index in [-0.39, 0.29) is 44.5 Å². The zero-order valence-electron chi connectivity index (χ0n) is 75.9. The summed E-state index contributed by atoms with van der Waals surface area (Å²) in [5.74, 6) is -2.95. The lowest BCUT2D eigenvalue weighted by molar-refractivity contribution is -0.130. The summed E-state index contributed by atoms with van der Waals surface area (Å²) in [5.41, 5.74) is -0.632. The van der Waals surface area contributed by atoms with E-state index in [0.29, 0.717) is 80.5 Å². The number of likely N-dealkylation sites (N-methyl/N-ethyl adjacent to an activating group) is 2. The van der Waals surface area contributed by atoms with E-state index in [0.717, 1.165) is 32.1 Å². The summed E-state index contributed by atoms with van der Waals surface area (Å²) in [5, 5.41) is 20.4. The maximum absolute atomic E-state index is 13.1. The van der Waals surface area contributed by atoms with Gasteiger partial charge < -0.3 is 41.0 Å². The summed E-state index contributed by atoms with van der Waals surface area (Å²) in [6.45, 7) is 12.0. The van der Waals surface area contributed by atoms with E-state index in [1.54, 1.807) is 246 Å². The van der Waals surface area contributed by atoms with Crippen molar-refractivity contribution in [1.29, 1.82) is 0 Å². The minimum atomic E-state index is -1.59. The standard InChI is InChI=1S/2C18H17N3O3.2C18H16N2O4.2C17H16N2O2.CH4/c1-2-19-16(23)21-15(22)18(20-17(21)24,13-9-5-3-6-10-13)14-11-7-4-8-12-14;1-2-19-16(23)21-17(24)20-15(22)18(21,13-9-5-3-6-10-13)14-11-7-4-8-12-14;1-2-24-17(23)20-15(21)18(19-16(20)22,13-9-5-3-6-10-13)14-11-7-4-8-12-14;1-2-24-17(23)20-16(22)19-15(21)18(20,13-9-5-3-6-10-13)14-11-7-4-8-12-14;1-2-19-15(20)17(18-16(19)21,13-9-5-3-6-10-13)14-11-7-4-8-12-14;1-2-19-16(21)18-15(20)17(19,13-9-5-3-6-10-13)14-11-7-4-8-12-14;/h3-12H,2H2,1H3,(H,19,23)(H,20,24);3-12H,2H2,1H3,(H,19,23)(H,20,22,24);3-12H,2H2,1H3,(H,19,22);3-12H,2H2,1H3,(H,19,21,22);3-12H,2H2,1H3,(H,18,21);3-12H,2H2,1H3,(H,18,20,21);1H4. The van der Waals surface area contributed by atoms with Crippen LogP contribution in [0.25, 0.3) is 0 Å². The molecule has 0 atom stereocenters. The summed E-state index contributed by atoms with van der Waals surface area (Å²) < 4.78 is 9.85. The summed E-state index contributed by atoms with van der Waals surface area (Å²) in [6.07, 6.45) is -1.85. The van der Waals surface area contributed by atoms with E-state index in [9.17, 15) is 76.7 Å². The molecule has 0 unspecified atom stereocenters. The lowest BCUT2D eigenvalue weighted by atomic mass is 9.81. The van der Waals surface area contributed by atoms with Gasteiger partial charge in [0.2, 0.25) is 0 Å². The van der Waals surface area contributed by atoms with Crippen LogP contribution in [0.3, 0.4) is 0 Å². The highest BCUT2D eigenvalue weighted by atomic mass is 16.6. The first-order valence-electron chi connectivity index (χ1n) is 44.3. The number of rotatable bonds is 18. The fourth-order valence-corrected chi connectivity index (χ4v) is 17.5. The fraction of sp³-hybridized carbons (Fsp3) is 0.178. The Labute approximate surface area is 802 Å². The minimum Gasteiger partial charge on any atom is -0.449 e. The van der Waals surface area contributed by atoms with E-state index >= 15 is 0 Å². The summed E-state index contributed by atoms with van der Waals surface area (Å²) in [4.78, 5) is 206. The molecule has 708 valence electrons. The van der Waals surface area contributed by atoms with E-state index in [1.165, 1.54) is 4.90 Å². The van der Waals surface area contributed by atoms with Crippen molar-refractivity contribution in [3.63, 3.8) is 0 Å². The molecule has 6 heterocycles. The third-order valence-corrected chi connectivity index (χ3v) is 23.5. The fourth-order valence-electron chi connectivity index (χ4n) is 17.5. The van der Waals surface area contributed by atoms with Gasteiger partial charge in [0.15, 0.2) is 33.2 Å². The van der Waals surface area contributed by atoms with Gasteiger partial charge in [0.05, 0.1) is 13.2 Å². The predicted molar refractivity (Wildman–Crippen MR) is 514 cm³/mol. The maximum atomic E-state index is 13.1. The smallest absolute Gasteiger partial charge is 0.425 e. The Hall–Kier alpha value is -17.8. The molecule has 139 heavy (non-hydrogen) atoms. The molecule has 6 saturated heterocycles. The lowest BCUT2D eigenvalue weighted by Gasteiger charge is -2.35. The molecule has 0 saturated carbocycles. The quantitative estimate of drug-likeness (QED) is 0.0370. The van der Waals surface area contributed by atoms with Gasteiger partial charge in [0.25, 0.3) is 35.4 Å². The Morgan fingerprint density at radius 2 is 0.496 bits per heavy atom. The maximum Gasteiger partial charge on any atom is 0.425 e. The van der Waals surface area contributed by atoms with Crippen molar-refractivity contribution in [3.8, 4) is 0 Å². The first-order chi connectivity index (χ1) is 66.9. The second kappa shape index (κ2) is 44.3. The van der Waals surface area contributed by atoms with Crippen molar-refractivity contribution in [2.24, 2.45) is 0 Å². The van der Waals surface area contributed by atoms with Crippen molar-refractivity contribution in [3.05, 3.63) is 431 Å². The Morgan fingerprint density at radius 3 is 0.784 bits per heavy atom. The van der Waals surface area contributed by atoms with Crippen LogP contribution < -0.4 is 42.5 Å². The number of nitrogens with zero attached hydrogens (tertiary/aromatic N) is 6. The number of nitrogens with one attached hydrogen (secondary N) is 8. The number of hydrogen-bond acceptors (Lipinski definition) is 18. The SMILES string of the molecule is C.CCN1C(=O)NC(=O)C1(c1ccccc1)c1ccccc1.CCN1C(=O)NC(c2ccccc2)(c2ccccc2)C1=O.CCNC(=O)N1C(=O)NC(=O)C1(c1ccccc1)c1ccccc1.CCNC(=O)N1C(=O)NC(c2ccccc2)(c2ccccc2)C1=O.CCOC(=O)N1C(=O)NC(=O)C1(c1ccccc1)c1ccccc1.CCOC(=O)N1C(=O)NC(c2ccccc2)(c2ccccc2)C1=O. The van der Waals surface area contributed by atoms with Crippen molar-refractivity contribution in [2.45, 2.75) is 82.2 Å². The number of benzene rings is 12. The topological polar surface area (TPSA) is 407 Å². The summed E-state index contributed by atoms with van der Waals surface area (Å²) in [6, 6.07) is 103. The highest BCUT2D eigenvalue weighted by Crippen LogP contribution is 2.45. The van der Waals surface area contributed by atoms with E-state index in [2.05, 4.69) is 42.5 Å². The Bertz CT molecular complexity index is 5940. The van der Waals surface area contributed by atoms with Crippen LogP contribution in [0.1, 0.15) is 116 Å². The Morgan fingerprint density at radius 1 is 0.259 bits per heavy atom. The molecule has 18 rings (SSSR count). The van der Waals surface area contributed by atoms with E-state index in [1.807, 2.05) is 165 Å². The van der Waals surface area contributed by atoms with Gasteiger partial charge in [-0.2, -0.15) is 9.80 Å². The van der Waals surface area contributed by atoms with Crippen LogP contribution in [-0.2, 0) is 71.5 Å². The normalized spacial score (nSPS) is 16.1. The number of imide groups is 12. The molecule has 24 amide bonds. The highest BCUT2D eigenvalue weighted by molar-refractivity contribution is 6.21. The van der Waals surface area contributed by atoms with Crippen LogP contribution in [0.2, 0.25) is 0 Å².